The van der Waals surface area contributed by atoms with E-state index in [1.165, 1.54) is 12.8 Å². The summed E-state index contributed by atoms with van der Waals surface area (Å²) in [6.45, 7) is 1.03. The quantitative estimate of drug-likeness (QED) is 0.847. The van der Waals surface area contributed by atoms with Gasteiger partial charge in [0, 0.05) is 11.1 Å². The molecule has 1 saturated heterocycles. The summed E-state index contributed by atoms with van der Waals surface area (Å²) in [5.74, 6) is 0. The molecule has 88 valence electrons. The van der Waals surface area contributed by atoms with Gasteiger partial charge in [0.1, 0.15) is 6.17 Å². The largest absolute Gasteiger partial charge is 0.314 e. The van der Waals surface area contributed by atoms with Crippen LogP contribution in [0.3, 0.4) is 0 Å². The van der Waals surface area contributed by atoms with Crippen molar-refractivity contribution in [2.45, 2.75) is 37.9 Å². The molecule has 1 fully saturated rings. The van der Waals surface area contributed by atoms with Crippen LogP contribution in [0.15, 0.2) is 24.3 Å². The van der Waals surface area contributed by atoms with Crippen molar-refractivity contribution < 1.29 is 4.39 Å². The minimum atomic E-state index is -0.882. The fraction of sp³-hybridized carbons (Fsp3) is 0.538. The standard InChI is InChI=1S/C13H17ClFN/c14-11-6-4-10(5-7-11)13(15)9-12-3-1-2-8-16-12/h4-7,12-13,16H,1-3,8-9H2. The first-order valence-electron chi connectivity index (χ1n) is 5.88. The average molecular weight is 242 g/mol. The van der Waals surface area contributed by atoms with Gasteiger partial charge in [-0.2, -0.15) is 0 Å². The number of benzene rings is 1. The average Bonchev–Trinajstić information content (AvgIpc) is 2.31. The zero-order valence-electron chi connectivity index (χ0n) is 9.26. The predicted molar refractivity (Wildman–Crippen MR) is 65.6 cm³/mol. The number of nitrogens with one attached hydrogen (secondary N) is 1. The number of piperidine rings is 1. The lowest BCUT2D eigenvalue weighted by Gasteiger charge is -2.24. The van der Waals surface area contributed by atoms with Crippen LogP contribution in [0.25, 0.3) is 0 Å². The highest BCUT2D eigenvalue weighted by Gasteiger charge is 2.19. The van der Waals surface area contributed by atoms with Gasteiger partial charge in [-0.15, -0.1) is 0 Å². The smallest absolute Gasteiger partial charge is 0.127 e. The van der Waals surface area contributed by atoms with Crippen LogP contribution in [0.2, 0.25) is 5.02 Å². The van der Waals surface area contributed by atoms with Gasteiger partial charge in [-0.25, -0.2) is 4.39 Å². The van der Waals surface area contributed by atoms with Gasteiger partial charge in [-0.05, 0) is 43.5 Å². The van der Waals surface area contributed by atoms with E-state index in [-0.39, 0.29) is 0 Å². The Bertz CT molecular complexity index is 319. The van der Waals surface area contributed by atoms with Crippen LogP contribution in [0.4, 0.5) is 4.39 Å². The Balaban J connectivity index is 1.91. The van der Waals surface area contributed by atoms with Crippen LogP contribution >= 0.6 is 11.6 Å². The molecule has 1 aliphatic heterocycles. The lowest BCUT2D eigenvalue weighted by Crippen LogP contribution is -2.34. The van der Waals surface area contributed by atoms with Gasteiger partial charge in [0.2, 0.25) is 0 Å². The minimum Gasteiger partial charge on any atom is -0.314 e. The molecule has 3 heteroatoms. The summed E-state index contributed by atoms with van der Waals surface area (Å²) >= 11 is 5.77. The van der Waals surface area contributed by atoms with E-state index in [9.17, 15) is 4.39 Å². The molecule has 2 atom stereocenters. The molecule has 1 nitrogen and oxygen atoms in total. The molecule has 2 unspecified atom stereocenters. The molecule has 0 saturated carbocycles. The van der Waals surface area contributed by atoms with Gasteiger partial charge < -0.3 is 5.32 Å². The summed E-state index contributed by atoms with van der Waals surface area (Å²) in [4.78, 5) is 0. The van der Waals surface area contributed by atoms with E-state index in [0.717, 1.165) is 18.5 Å². The molecule has 0 spiro atoms. The summed E-state index contributed by atoms with van der Waals surface area (Å²) in [6.07, 6.45) is 3.21. The second-order valence-corrected chi connectivity index (χ2v) is 4.84. The van der Waals surface area contributed by atoms with Crippen LogP contribution in [-0.2, 0) is 0 Å². The van der Waals surface area contributed by atoms with Gasteiger partial charge in [-0.3, -0.25) is 0 Å². The monoisotopic (exact) mass is 241 g/mol. The minimum absolute atomic E-state index is 0.333. The molecule has 0 aromatic heterocycles. The van der Waals surface area contributed by atoms with Gasteiger partial charge in [-0.1, -0.05) is 30.2 Å². The third-order valence-electron chi connectivity index (χ3n) is 3.14. The molecule has 1 aromatic carbocycles. The summed E-state index contributed by atoms with van der Waals surface area (Å²) in [5.41, 5.74) is 0.733. The molecule has 0 radical (unpaired) electrons. The van der Waals surface area contributed by atoms with Crippen molar-refractivity contribution in [3.05, 3.63) is 34.9 Å². The molecule has 2 rings (SSSR count). The van der Waals surface area contributed by atoms with E-state index in [1.807, 2.05) is 0 Å². The second kappa shape index (κ2) is 5.65. The fourth-order valence-electron chi connectivity index (χ4n) is 2.18. The summed E-state index contributed by atoms with van der Waals surface area (Å²) < 4.78 is 14.0. The van der Waals surface area contributed by atoms with E-state index in [1.54, 1.807) is 24.3 Å². The first kappa shape index (κ1) is 11.9. The maximum atomic E-state index is 14.0. The Labute approximate surface area is 101 Å². The Kier molecular flexibility index (Phi) is 4.19. The summed E-state index contributed by atoms with van der Waals surface area (Å²) in [7, 11) is 0. The van der Waals surface area contributed by atoms with Crippen LogP contribution in [0, 0.1) is 0 Å². The van der Waals surface area contributed by atoms with Crippen LogP contribution in [0.1, 0.15) is 37.4 Å². The fourth-order valence-corrected chi connectivity index (χ4v) is 2.31. The molecule has 1 N–H and O–H groups in total. The normalized spacial score (nSPS) is 23.0. The van der Waals surface area contributed by atoms with Gasteiger partial charge in [0.25, 0.3) is 0 Å². The van der Waals surface area contributed by atoms with E-state index < -0.39 is 6.17 Å². The number of rotatable bonds is 3. The first-order chi connectivity index (χ1) is 7.75. The number of halogens is 2. The van der Waals surface area contributed by atoms with E-state index in [0.29, 0.717) is 17.5 Å². The Morgan fingerprint density at radius 3 is 2.69 bits per heavy atom. The van der Waals surface area contributed by atoms with Gasteiger partial charge >= 0.3 is 0 Å². The zero-order chi connectivity index (χ0) is 11.4. The number of hydrogen-bond acceptors (Lipinski definition) is 1. The Hall–Kier alpha value is -0.600. The number of alkyl halides is 1. The third kappa shape index (κ3) is 3.19. The summed E-state index contributed by atoms with van der Waals surface area (Å²) in [6, 6.07) is 7.38. The van der Waals surface area contributed by atoms with Crippen molar-refractivity contribution in [2.75, 3.05) is 6.54 Å². The molecule has 16 heavy (non-hydrogen) atoms. The highest BCUT2D eigenvalue weighted by molar-refractivity contribution is 6.30. The summed E-state index contributed by atoms with van der Waals surface area (Å²) in [5, 5.41) is 4.02. The Morgan fingerprint density at radius 1 is 1.31 bits per heavy atom. The lowest BCUT2D eigenvalue weighted by molar-refractivity contribution is 0.260. The molecule has 0 amide bonds. The zero-order valence-corrected chi connectivity index (χ0v) is 10.0. The van der Waals surface area contributed by atoms with Crippen molar-refractivity contribution in [1.29, 1.82) is 0 Å². The first-order valence-corrected chi connectivity index (χ1v) is 6.26. The van der Waals surface area contributed by atoms with Gasteiger partial charge in [0.15, 0.2) is 0 Å². The van der Waals surface area contributed by atoms with Crippen molar-refractivity contribution >= 4 is 11.6 Å². The SMILES string of the molecule is FC(CC1CCCCN1)c1ccc(Cl)cc1. The Morgan fingerprint density at radius 2 is 2.06 bits per heavy atom. The van der Waals surface area contributed by atoms with Crippen molar-refractivity contribution in [3.8, 4) is 0 Å². The lowest BCUT2D eigenvalue weighted by atomic mass is 9.97. The molecular weight excluding hydrogens is 225 g/mol. The molecule has 1 aromatic rings. The van der Waals surface area contributed by atoms with Crippen LogP contribution in [-0.4, -0.2) is 12.6 Å². The van der Waals surface area contributed by atoms with E-state index in [4.69, 9.17) is 11.6 Å². The van der Waals surface area contributed by atoms with Crippen molar-refractivity contribution in [1.82, 2.24) is 5.32 Å². The van der Waals surface area contributed by atoms with Crippen LogP contribution < -0.4 is 5.32 Å². The molecule has 0 bridgehead atoms. The molecular formula is C13H17ClFN. The predicted octanol–water partition coefficient (Wildman–Crippen LogP) is 3.88. The molecule has 1 aliphatic rings. The topological polar surface area (TPSA) is 12.0 Å². The van der Waals surface area contributed by atoms with Gasteiger partial charge in [0.05, 0.1) is 0 Å². The van der Waals surface area contributed by atoms with E-state index >= 15 is 0 Å². The maximum Gasteiger partial charge on any atom is 0.127 e. The highest BCUT2D eigenvalue weighted by atomic mass is 35.5. The number of hydrogen-bond donors (Lipinski definition) is 1. The molecule has 0 aliphatic carbocycles. The second-order valence-electron chi connectivity index (χ2n) is 4.40. The van der Waals surface area contributed by atoms with Crippen molar-refractivity contribution in [3.63, 3.8) is 0 Å². The molecule has 1 heterocycles. The maximum absolute atomic E-state index is 14.0. The highest BCUT2D eigenvalue weighted by Crippen LogP contribution is 2.26. The van der Waals surface area contributed by atoms with E-state index in [2.05, 4.69) is 5.32 Å². The van der Waals surface area contributed by atoms with Crippen LogP contribution in [0.5, 0.6) is 0 Å². The third-order valence-corrected chi connectivity index (χ3v) is 3.39. The van der Waals surface area contributed by atoms with Crippen molar-refractivity contribution in [2.24, 2.45) is 0 Å².